The smallest absolute Gasteiger partial charge is 0.263 e. The monoisotopic (exact) mass is 431 g/mol. The van der Waals surface area contributed by atoms with Gasteiger partial charge in [-0.2, -0.15) is 0 Å². The summed E-state index contributed by atoms with van der Waals surface area (Å²) in [5.41, 5.74) is 11.4. The zero-order valence-corrected chi connectivity index (χ0v) is 17.7. The number of fused-ring (bicyclic) bond motifs is 2. The molecule has 0 bridgehead atoms. The van der Waals surface area contributed by atoms with Gasteiger partial charge in [-0.05, 0) is 60.1 Å². The van der Waals surface area contributed by atoms with Crippen LogP contribution in [0.3, 0.4) is 0 Å². The fraction of sp³-hybridized carbons (Fsp3) is 0.200. The average molecular weight is 432 g/mol. The van der Waals surface area contributed by atoms with Gasteiger partial charge in [0.05, 0.1) is 5.69 Å². The number of halogens is 1. The molecule has 6 heteroatoms. The zero-order chi connectivity index (χ0) is 21.4. The highest BCUT2D eigenvalue weighted by molar-refractivity contribution is 7.21. The van der Waals surface area contributed by atoms with Crippen molar-refractivity contribution in [2.75, 3.05) is 5.73 Å². The molecule has 1 amide bonds. The molecule has 0 saturated heterocycles. The molecule has 1 unspecified atom stereocenters. The van der Waals surface area contributed by atoms with Gasteiger partial charge in [0.25, 0.3) is 5.91 Å². The summed E-state index contributed by atoms with van der Waals surface area (Å²) in [5.74, 6) is -0.0513. The number of anilines is 1. The minimum Gasteiger partial charge on any atom is -0.397 e. The Bertz CT molecular complexity index is 1250. The quantitative estimate of drug-likeness (QED) is 0.465. The lowest BCUT2D eigenvalue weighted by Gasteiger charge is -2.24. The molecule has 31 heavy (non-hydrogen) atoms. The third kappa shape index (κ3) is 3.91. The molecule has 156 valence electrons. The zero-order valence-electron chi connectivity index (χ0n) is 16.9. The minimum atomic E-state index is -0.298. The summed E-state index contributed by atoms with van der Waals surface area (Å²) >= 11 is 1.33. The molecule has 3 N–H and O–H groups in total. The first-order chi connectivity index (χ1) is 15.1. The van der Waals surface area contributed by atoms with Crippen molar-refractivity contribution >= 4 is 33.1 Å². The van der Waals surface area contributed by atoms with Crippen LogP contribution in [0.2, 0.25) is 0 Å². The number of nitrogens with zero attached hydrogens (tertiary/aromatic N) is 1. The Labute approximate surface area is 183 Å². The molecule has 1 aliphatic carbocycles. The van der Waals surface area contributed by atoms with E-state index in [1.807, 2.05) is 6.07 Å². The van der Waals surface area contributed by atoms with Crippen LogP contribution in [-0.2, 0) is 19.4 Å². The van der Waals surface area contributed by atoms with Crippen LogP contribution in [0.15, 0.2) is 60.7 Å². The molecule has 5 rings (SSSR count). The number of benzene rings is 2. The van der Waals surface area contributed by atoms with Gasteiger partial charge in [0.15, 0.2) is 0 Å². The van der Waals surface area contributed by atoms with Gasteiger partial charge in [-0.3, -0.25) is 4.79 Å². The van der Waals surface area contributed by atoms with E-state index in [1.165, 1.54) is 34.6 Å². The average Bonchev–Trinajstić information content (AvgIpc) is 3.12. The van der Waals surface area contributed by atoms with Crippen LogP contribution in [0.25, 0.3) is 10.2 Å². The highest BCUT2D eigenvalue weighted by Gasteiger charge is 2.24. The van der Waals surface area contributed by atoms with Crippen molar-refractivity contribution in [3.63, 3.8) is 0 Å². The number of pyridine rings is 1. The second-order valence-corrected chi connectivity index (χ2v) is 8.95. The SMILES string of the molecule is Nc1c(C(=O)NCc2ccc(F)cc2)sc2nc3c(cc12)CC(c1ccccc1)CC3. The van der Waals surface area contributed by atoms with E-state index in [9.17, 15) is 9.18 Å². The largest absolute Gasteiger partial charge is 0.397 e. The molecular weight excluding hydrogens is 409 g/mol. The Kier molecular flexibility index (Phi) is 5.16. The third-order valence-corrected chi connectivity index (χ3v) is 7.04. The number of aryl methyl sites for hydroxylation is 1. The number of hydrogen-bond donors (Lipinski definition) is 2. The van der Waals surface area contributed by atoms with E-state index in [-0.39, 0.29) is 11.7 Å². The van der Waals surface area contributed by atoms with Crippen molar-refractivity contribution in [1.82, 2.24) is 10.3 Å². The fourth-order valence-corrected chi connectivity index (χ4v) is 5.25. The Morgan fingerprint density at radius 1 is 1.16 bits per heavy atom. The first kappa shape index (κ1) is 19.7. The molecule has 1 aliphatic rings. The number of carbonyl (C=O) groups is 1. The van der Waals surface area contributed by atoms with E-state index in [1.54, 1.807) is 12.1 Å². The standard InChI is InChI=1S/C25H22FN3OS/c26-19-9-6-15(7-10-19)14-28-24(30)23-22(27)20-13-18-12-17(16-4-2-1-3-5-16)8-11-21(18)29-25(20)31-23/h1-7,9-10,13,17H,8,11-12,14,27H2,(H,28,30). The summed E-state index contributed by atoms with van der Waals surface area (Å²) in [6.07, 6.45) is 2.93. The van der Waals surface area contributed by atoms with Crippen LogP contribution in [0, 0.1) is 5.82 Å². The summed E-state index contributed by atoms with van der Waals surface area (Å²) in [4.78, 5) is 18.9. The molecular formula is C25H22FN3OS. The van der Waals surface area contributed by atoms with E-state index in [4.69, 9.17) is 10.7 Å². The minimum absolute atomic E-state index is 0.232. The Hall–Kier alpha value is -3.25. The van der Waals surface area contributed by atoms with Crippen molar-refractivity contribution in [3.8, 4) is 0 Å². The Balaban J connectivity index is 1.38. The predicted molar refractivity (Wildman–Crippen MR) is 123 cm³/mol. The maximum Gasteiger partial charge on any atom is 0.263 e. The van der Waals surface area contributed by atoms with Gasteiger partial charge < -0.3 is 11.1 Å². The molecule has 2 aromatic heterocycles. The van der Waals surface area contributed by atoms with Crippen LogP contribution < -0.4 is 11.1 Å². The molecule has 2 aromatic carbocycles. The first-order valence-electron chi connectivity index (χ1n) is 10.4. The summed E-state index contributed by atoms with van der Waals surface area (Å²) in [6, 6.07) is 18.8. The molecule has 0 spiro atoms. The van der Waals surface area contributed by atoms with Gasteiger partial charge in [-0.1, -0.05) is 42.5 Å². The van der Waals surface area contributed by atoms with Gasteiger partial charge in [0.2, 0.25) is 0 Å². The maximum atomic E-state index is 13.1. The molecule has 1 atom stereocenters. The number of aromatic nitrogens is 1. The number of amides is 1. The van der Waals surface area contributed by atoms with E-state index in [2.05, 4.69) is 35.6 Å². The Morgan fingerprint density at radius 3 is 2.71 bits per heavy atom. The molecule has 2 heterocycles. The van der Waals surface area contributed by atoms with Gasteiger partial charge in [-0.15, -0.1) is 11.3 Å². The number of thiophene rings is 1. The maximum absolute atomic E-state index is 13.1. The highest BCUT2D eigenvalue weighted by Crippen LogP contribution is 2.38. The Morgan fingerprint density at radius 2 is 1.94 bits per heavy atom. The first-order valence-corrected chi connectivity index (χ1v) is 11.2. The summed E-state index contributed by atoms with van der Waals surface area (Å²) in [5, 5.41) is 3.73. The predicted octanol–water partition coefficient (Wildman–Crippen LogP) is 5.22. The molecule has 0 radical (unpaired) electrons. The van der Waals surface area contributed by atoms with E-state index in [0.717, 1.165) is 40.7 Å². The number of carbonyl (C=O) groups excluding carboxylic acids is 1. The summed E-state index contributed by atoms with van der Waals surface area (Å²) in [6.45, 7) is 0.315. The molecule has 0 aliphatic heterocycles. The second kappa shape index (κ2) is 8.12. The van der Waals surface area contributed by atoms with Crippen LogP contribution in [0.4, 0.5) is 10.1 Å². The fourth-order valence-electron chi connectivity index (χ4n) is 4.23. The lowest BCUT2D eigenvalue weighted by atomic mass is 9.82. The van der Waals surface area contributed by atoms with E-state index >= 15 is 0 Å². The van der Waals surface area contributed by atoms with Gasteiger partial charge >= 0.3 is 0 Å². The summed E-state index contributed by atoms with van der Waals surface area (Å²) in [7, 11) is 0. The van der Waals surface area contributed by atoms with Gasteiger partial charge in [0.1, 0.15) is 15.5 Å². The molecule has 4 nitrogen and oxygen atoms in total. The van der Waals surface area contributed by atoms with Crippen LogP contribution in [-0.4, -0.2) is 10.9 Å². The lowest BCUT2D eigenvalue weighted by Crippen LogP contribution is -2.22. The van der Waals surface area contributed by atoms with Crippen LogP contribution >= 0.6 is 11.3 Å². The van der Waals surface area contributed by atoms with Crippen molar-refractivity contribution in [2.24, 2.45) is 0 Å². The highest BCUT2D eigenvalue weighted by atomic mass is 32.1. The van der Waals surface area contributed by atoms with Crippen LogP contribution in [0.5, 0.6) is 0 Å². The number of rotatable bonds is 4. The van der Waals surface area contributed by atoms with E-state index in [0.29, 0.717) is 23.0 Å². The number of nitrogen functional groups attached to an aromatic ring is 1. The number of hydrogen-bond acceptors (Lipinski definition) is 4. The van der Waals surface area contributed by atoms with Crippen molar-refractivity contribution in [1.29, 1.82) is 0 Å². The molecule has 0 saturated carbocycles. The van der Waals surface area contributed by atoms with Crippen molar-refractivity contribution in [3.05, 3.63) is 93.7 Å². The van der Waals surface area contributed by atoms with E-state index < -0.39 is 0 Å². The second-order valence-electron chi connectivity index (χ2n) is 7.95. The normalized spacial score (nSPS) is 15.6. The van der Waals surface area contributed by atoms with Crippen molar-refractivity contribution < 1.29 is 9.18 Å². The topological polar surface area (TPSA) is 68.0 Å². The summed E-state index contributed by atoms with van der Waals surface area (Å²) < 4.78 is 13.1. The molecule has 4 aromatic rings. The van der Waals surface area contributed by atoms with Crippen molar-refractivity contribution in [2.45, 2.75) is 31.7 Å². The molecule has 0 fully saturated rings. The number of nitrogens with one attached hydrogen (secondary N) is 1. The van der Waals surface area contributed by atoms with Gasteiger partial charge in [-0.25, -0.2) is 9.37 Å². The number of nitrogens with two attached hydrogens (primary N) is 1. The third-order valence-electron chi connectivity index (χ3n) is 5.93. The lowest BCUT2D eigenvalue weighted by molar-refractivity contribution is 0.0956. The van der Waals surface area contributed by atoms with Crippen LogP contribution in [0.1, 0.15) is 44.4 Å². The van der Waals surface area contributed by atoms with Gasteiger partial charge in [0, 0.05) is 17.6 Å².